The first-order chi connectivity index (χ1) is 12.0. The molecule has 1 aliphatic heterocycles. The lowest BCUT2D eigenvalue weighted by atomic mass is 10.0. The first kappa shape index (κ1) is 17.3. The van der Waals surface area contributed by atoms with Gasteiger partial charge in [0.15, 0.2) is 0 Å². The number of carboxylic acids is 1. The fourth-order valence-electron chi connectivity index (χ4n) is 3.11. The molecule has 1 unspecified atom stereocenters. The second-order valence-corrected chi connectivity index (χ2v) is 6.22. The van der Waals surface area contributed by atoms with Crippen LogP contribution >= 0.6 is 0 Å². The number of anilines is 1. The number of aromatic hydroxyl groups is 1. The summed E-state index contributed by atoms with van der Waals surface area (Å²) in [5.74, 6) is -1.50. The van der Waals surface area contributed by atoms with E-state index in [-0.39, 0.29) is 11.3 Å². The van der Waals surface area contributed by atoms with Crippen molar-refractivity contribution >= 4 is 11.7 Å². The van der Waals surface area contributed by atoms with Crippen LogP contribution < -0.4 is 4.90 Å². The molecule has 3 rings (SSSR count). The Labute approximate surface area is 146 Å². The number of piperazine rings is 1. The van der Waals surface area contributed by atoms with Gasteiger partial charge < -0.3 is 20.2 Å². The second-order valence-electron chi connectivity index (χ2n) is 6.22. The normalized spacial score (nSPS) is 16.6. The maximum absolute atomic E-state index is 11.1. The van der Waals surface area contributed by atoms with Gasteiger partial charge in [-0.15, -0.1) is 0 Å². The number of aromatic carboxylic acids is 1. The maximum atomic E-state index is 11.1. The molecule has 0 radical (unpaired) electrons. The van der Waals surface area contributed by atoms with E-state index in [0.717, 1.165) is 26.2 Å². The molecule has 3 N–H and O–H groups in total. The van der Waals surface area contributed by atoms with Crippen molar-refractivity contribution < 1.29 is 20.1 Å². The SMILES string of the molecule is O=C(O)c1cc(C(O)CN2CCN(c3ccccc3)CC2)ccc1O. The van der Waals surface area contributed by atoms with Crippen LogP contribution in [0.5, 0.6) is 5.75 Å². The van der Waals surface area contributed by atoms with E-state index >= 15 is 0 Å². The first-order valence-corrected chi connectivity index (χ1v) is 8.31. The van der Waals surface area contributed by atoms with Crippen LogP contribution in [0.15, 0.2) is 48.5 Å². The highest BCUT2D eigenvalue weighted by atomic mass is 16.4. The number of hydrogen-bond acceptors (Lipinski definition) is 5. The van der Waals surface area contributed by atoms with Gasteiger partial charge in [0.1, 0.15) is 11.3 Å². The van der Waals surface area contributed by atoms with Crippen molar-refractivity contribution in [2.24, 2.45) is 0 Å². The maximum Gasteiger partial charge on any atom is 0.339 e. The number of carbonyl (C=O) groups is 1. The number of β-amino-alcohol motifs (C(OH)–C–C–N with tert-alkyl or cyclic N) is 1. The summed E-state index contributed by atoms with van der Waals surface area (Å²) >= 11 is 0. The smallest absolute Gasteiger partial charge is 0.339 e. The van der Waals surface area contributed by atoms with Gasteiger partial charge in [0.25, 0.3) is 0 Å². The second kappa shape index (κ2) is 7.55. The van der Waals surface area contributed by atoms with Gasteiger partial charge in [-0.05, 0) is 29.8 Å². The number of aliphatic hydroxyl groups is 1. The van der Waals surface area contributed by atoms with Gasteiger partial charge in [-0.1, -0.05) is 24.3 Å². The van der Waals surface area contributed by atoms with Crippen LogP contribution in [0, 0.1) is 0 Å². The van der Waals surface area contributed by atoms with Crippen molar-refractivity contribution in [3.8, 4) is 5.75 Å². The molecule has 1 fully saturated rings. The van der Waals surface area contributed by atoms with Crippen LogP contribution in [-0.2, 0) is 0 Å². The molecule has 2 aromatic carbocycles. The minimum atomic E-state index is -1.21. The highest BCUT2D eigenvalue weighted by Crippen LogP contribution is 2.24. The van der Waals surface area contributed by atoms with Crippen LogP contribution in [0.1, 0.15) is 22.0 Å². The van der Waals surface area contributed by atoms with Gasteiger partial charge >= 0.3 is 5.97 Å². The van der Waals surface area contributed by atoms with Crippen LogP contribution in [-0.4, -0.2) is 58.9 Å². The van der Waals surface area contributed by atoms with E-state index < -0.39 is 12.1 Å². The Balaban J connectivity index is 1.59. The summed E-state index contributed by atoms with van der Waals surface area (Å²) in [7, 11) is 0. The third-order valence-electron chi connectivity index (χ3n) is 4.56. The molecular formula is C19H22N2O4. The van der Waals surface area contributed by atoms with E-state index in [1.165, 1.54) is 17.8 Å². The van der Waals surface area contributed by atoms with Crippen molar-refractivity contribution in [1.82, 2.24) is 4.90 Å². The highest BCUT2D eigenvalue weighted by molar-refractivity contribution is 5.90. The van der Waals surface area contributed by atoms with E-state index in [4.69, 9.17) is 5.11 Å². The number of aliphatic hydroxyl groups excluding tert-OH is 1. The minimum absolute atomic E-state index is 0.189. The summed E-state index contributed by atoms with van der Waals surface area (Å²) in [6.45, 7) is 3.86. The molecule has 0 aliphatic carbocycles. The topological polar surface area (TPSA) is 84.2 Å². The molecule has 0 spiro atoms. The minimum Gasteiger partial charge on any atom is -0.507 e. The predicted octanol–water partition coefficient (Wildman–Crippen LogP) is 1.95. The Morgan fingerprint density at radius 2 is 1.72 bits per heavy atom. The molecule has 132 valence electrons. The number of hydrogen-bond donors (Lipinski definition) is 3. The molecule has 1 heterocycles. The lowest BCUT2D eigenvalue weighted by molar-refractivity contribution is 0.0693. The molecular weight excluding hydrogens is 320 g/mol. The molecule has 0 aromatic heterocycles. The van der Waals surface area contributed by atoms with E-state index in [2.05, 4.69) is 21.9 Å². The number of phenols is 1. The zero-order valence-electron chi connectivity index (χ0n) is 13.9. The summed E-state index contributed by atoms with van der Waals surface area (Å²) in [4.78, 5) is 15.6. The van der Waals surface area contributed by atoms with Crippen molar-refractivity contribution in [3.63, 3.8) is 0 Å². The van der Waals surface area contributed by atoms with E-state index in [1.54, 1.807) is 6.07 Å². The van der Waals surface area contributed by atoms with Gasteiger partial charge in [-0.25, -0.2) is 4.79 Å². The van der Waals surface area contributed by atoms with Gasteiger partial charge in [-0.3, -0.25) is 4.90 Å². The molecule has 6 nitrogen and oxygen atoms in total. The molecule has 0 saturated carbocycles. The first-order valence-electron chi connectivity index (χ1n) is 8.31. The van der Waals surface area contributed by atoms with E-state index in [9.17, 15) is 15.0 Å². The van der Waals surface area contributed by atoms with Crippen molar-refractivity contribution in [2.45, 2.75) is 6.10 Å². The summed E-state index contributed by atoms with van der Waals surface area (Å²) in [5.41, 5.74) is 1.51. The molecule has 25 heavy (non-hydrogen) atoms. The largest absolute Gasteiger partial charge is 0.507 e. The van der Waals surface area contributed by atoms with Crippen LogP contribution in [0.3, 0.4) is 0 Å². The fraction of sp³-hybridized carbons (Fsp3) is 0.316. The fourth-order valence-corrected chi connectivity index (χ4v) is 3.11. The Morgan fingerprint density at radius 3 is 2.36 bits per heavy atom. The van der Waals surface area contributed by atoms with Crippen LogP contribution in [0.2, 0.25) is 0 Å². The number of para-hydroxylation sites is 1. The number of nitrogens with zero attached hydrogens (tertiary/aromatic N) is 2. The van der Waals surface area contributed by atoms with Crippen molar-refractivity contribution in [3.05, 3.63) is 59.7 Å². The molecule has 6 heteroatoms. The highest BCUT2D eigenvalue weighted by Gasteiger charge is 2.21. The number of carboxylic acid groups (broad SMARTS) is 1. The third-order valence-corrected chi connectivity index (χ3v) is 4.56. The Morgan fingerprint density at radius 1 is 1.04 bits per heavy atom. The lowest BCUT2D eigenvalue weighted by Crippen LogP contribution is -2.47. The standard InChI is InChI=1S/C19H22N2O4/c22-17-7-6-14(12-16(17)19(24)25)18(23)13-20-8-10-21(11-9-20)15-4-2-1-3-5-15/h1-7,12,18,22-23H,8-11,13H2,(H,24,25). The molecule has 1 saturated heterocycles. The number of rotatable bonds is 5. The van der Waals surface area contributed by atoms with Crippen molar-refractivity contribution in [1.29, 1.82) is 0 Å². The van der Waals surface area contributed by atoms with Gasteiger partial charge in [0.2, 0.25) is 0 Å². The molecule has 2 aromatic rings. The summed E-state index contributed by atoms with van der Waals surface area (Å²) in [5, 5.41) is 29.1. The molecule has 1 atom stereocenters. The van der Waals surface area contributed by atoms with Crippen LogP contribution in [0.4, 0.5) is 5.69 Å². The average molecular weight is 342 g/mol. The molecule has 0 amide bonds. The summed E-state index contributed by atoms with van der Waals surface area (Å²) < 4.78 is 0. The lowest BCUT2D eigenvalue weighted by Gasteiger charge is -2.37. The Hall–Kier alpha value is -2.57. The van der Waals surface area contributed by atoms with E-state index in [1.807, 2.05) is 18.2 Å². The monoisotopic (exact) mass is 342 g/mol. The van der Waals surface area contributed by atoms with Crippen molar-refractivity contribution in [2.75, 3.05) is 37.6 Å². The zero-order chi connectivity index (χ0) is 17.8. The van der Waals surface area contributed by atoms with Gasteiger partial charge in [-0.2, -0.15) is 0 Å². The predicted molar refractivity (Wildman–Crippen MR) is 95.1 cm³/mol. The van der Waals surface area contributed by atoms with E-state index in [0.29, 0.717) is 12.1 Å². The zero-order valence-corrected chi connectivity index (χ0v) is 13.9. The van der Waals surface area contributed by atoms with Gasteiger partial charge in [0, 0.05) is 38.4 Å². The summed E-state index contributed by atoms with van der Waals surface area (Å²) in [6, 6.07) is 14.4. The van der Waals surface area contributed by atoms with Crippen LogP contribution in [0.25, 0.3) is 0 Å². The third kappa shape index (κ3) is 4.10. The number of benzene rings is 2. The Kier molecular flexibility index (Phi) is 5.21. The Bertz CT molecular complexity index is 727. The molecule has 1 aliphatic rings. The summed E-state index contributed by atoms with van der Waals surface area (Å²) in [6.07, 6.45) is -0.790. The average Bonchev–Trinajstić information content (AvgIpc) is 2.63. The molecule has 0 bridgehead atoms. The quantitative estimate of drug-likeness (QED) is 0.770. The van der Waals surface area contributed by atoms with Gasteiger partial charge in [0.05, 0.1) is 6.10 Å².